The van der Waals surface area contributed by atoms with Gasteiger partial charge in [-0.1, -0.05) is 19.8 Å². The largest absolute Gasteiger partial charge is 0.492 e. The Morgan fingerprint density at radius 1 is 1.14 bits per heavy atom. The fourth-order valence-corrected chi connectivity index (χ4v) is 2.71. The minimum absolute atomic E-state index is 0.100. The van der Waals surface area contributed by atoms with Crippen LogP contribution in [0.4, 0.5) is 0 Å². The van der Waals surface area contributed by atoms with E-state index in [9.17, 15) is 8.42 Å². The molecule has 0 atom stereocenters. The van der Waals surface area contributed by atoms with E-state index in [4.69, 9.17) is 9.88 Å². The molecule has 1 aromatic carbocycles. The number of hydrogen-bond donors (Lipinski definition) is 1. The fourth-order valence-electron chi connectivity index (χ4n) is 2.20. The Bertz CT molecular complexity index is 527. The quantitative estimate of drug-likeness (QED) is 0.670. The van der Waals surface area contributed by atoms with Crippen molar-refractivity contribution in [2.75, 3.05) is 19.7 Å². The summed E-state index contributed by atoms with van der Waals surface area (Å²) in [6.45, 7) is 9.10. The zero-order valence-corrected chi connectivity index (χ0v) is 14.6. The van der Waals surface area contributed by atoms with Crippen LogP contribution in [-0.2, 0) is 10.0 Å². The van der Waals surface area contributed by atoms with Crippen molar-refractivity contribution in [1.29, 1.82) is 0 Å². The van der Waals surface area contributed by atoms with E-state index in [1.165, 1.54) is 31.4 Å². The maximum Gasteiger partial charge on any atom is 0.238 e. The maximum atomic E-state index is 11.2. The molecule has 0 aliphatic carbocycles. The highest BCUT2D eigenvalue weighted by Gasteiger charge is 2.10. The van der Waals surface area contributed by atoms with Crippen LogP contribution >= 0.6 is 0 Å². The number of hydrogen-bond acceptors (Lipinski definition) is 4. The molecule has 0 unspecified atom stereocenters. The monoisotopic (exact) mass is 328 g/mol. The second kappa shape index (κ2) is 9.12. The van der Waals surface area contributed by atoms with Gasteiger partial charge in [-0.25, -0.2) is 13.6 Å². The zero-order chi connectivity index (χ0) is 16.6. The Morgan fingerprint density at radius 3 is 2.27 bits per heavy atom. The summed E-state index contributed by atoms with van der Waals surface area (Å²) >= 11 is 0. The Labute approximate surface area is 134 Å². The van der Waals surface area contributed by atoms with Gasteiger partial charge in [-0.2, -0.15) is 0 Å². The highest BCUT2D eigenvalue weighted by Crippen LogP contribution is 2.15. The summed E-state index contributed by atoms with van der Waals surface area (Å²) in [5, 5.41) is 5.06. The lowest BCUT2D eigenvalue weighted by Crippen LogP contribution is -2.35. The third-order valence-corrected chi connectivity index (χ3v) is 4.51. The van der Waals surface area contributed by atoms with Crippen LogP contribution in [0.2, 0.25) is 0 Å². The van der Waals surface area contributed by atoms with Gasteiger partial charge in [0.2, 0.25) is 10.0 Å². The summed E-state index contributed by atoms with van der Waals surface area (Å²) in [6, 6.07) is 6.69. The van der Waals surface area contributed by atoms with E-state index in [-0.39, 0.29) is 4.90 Å². The topological polar surface area (TPSA) is 72.6 Å². The Hall–Kier alpha value is -1.11. The van der Waals surface area contributed by atoms with Crippen LogP contribution in [-0.4, -0.2) is 39.1 Å². The first kappa shape index (κ1) is 18.9. The van der Waals surface area contributed by atoms with Gasteiger partial charge in [0.05, 0.1) is 4.90 Å². The minimum atomic E-state index is -3.64. The molecular formula is C16H28N2O3S. The van der Waals surface area contributed by atoms with Gasteiger partial charge >= 0.3 is 0 Å². The number of unbranched alkanes of at least 4 members (excludes halogenated alkanes) is 2. The zero-order valence-electron chi connectivity index (χ0n) is 13.8. The van der Waals surface area contributed by atoms with Crippen molar-refractivity contribution in [2.24, 2.45) is 5.14 Å². The van der Waals surface area contributed by atoms with E-state index < -0.39 is 10.0 Å². The number of nitrogens with zero attached hydrogens (tertiary/aromatic N) is 1. The van der Waals surface area contributed by atoms with E-state index in [1.807, 2.05) is 0 Å². The molecule has 0 aliphatic rings. The molecule has 22 heavy (non-hydrogen) atoms. The number of rotatable bonds is 10. The van der Waals surface area contributed by atoms with Crippen LogP contribution in [0.15, 0.2) is 29.2 Å². The molecule has 2 N–H and O–H groups in total. The van der Waals surface area contributed by atoms with E-state index in [0.29, 0.717) is 18.4 Å². The molecule has 6 heteroatoms. The highest BCUT2D eigenvalue weighted by atomic mass is 32.2. The van der Waals surface area contributed by atoms with Crippen LogP contribution in [0.3, 0.4) is 0 Å². The molecule has 0 saturated heterocycles. The highest BCUT2D eigenvalue weighted by molar-refractivity contribution is 7.89. The smallest absolute Gasteiger partial charge is 0.238 e. The average molecular weight is 328 g/mol. The van der Waals surface area contributed by atoms with Gasteiger partial charge in [-0.05, 0) is 51.1 Å². The molecule has 0 saturated carbocycles. The minimum Gasteiger partial charge on any atom is -0.492 e. The first-order valence-electron chi connectivity index (χ1n) is 7.84. The van der Waals surface area contributed by atoms with Gasteiger partial charge in [0, 0.05) is 12.6 Å². The molecule has 0 amide bonds. The van der Waals surface area contributed by atoms with Gasteiger partial charge in [0.1, 0.15) is 12.4 Å². The molecule has 0 fully saturated rings. The second-order valence-corrected chi connectivity index (χ2v) is 7.26. The normalized spacial score (nSPS) is 12.1. The summed E-state index contributed by atoms with van der Waals surface area (Å²) < 4.78 is 28.0. The van der Waals surface area contributed by atoms with E-state index >= 15 is 0 Å². The standard InChI is InChI=1S/C16H28N2O3S/c1-4-5-6-11-18(14(2)3)12-13-21-15-7-9-16(10-8-15)22(17,19)20/h7-10,14H,4-6,11-13H2,1-3H3,(H2,17,19,20). The summed E-state index contributed by atoms with van der Waals surface area (Å²) in [5.41, 5.74) is 0. The number of nitrogens with two attached hydrogens (primary N) is 1. The van der Waals surface area contributed by atoms with Crippen molar-refractivity contribution >= 4 is 10.0 Å². The molecular weight excluding hydrogens is 300 g/mol. The fraction of sp³-hybridized carbons (Fsp3) is 0.625. The van der Waals surface area contributed by atoms with Gasteiger partial charge in [0.15, 0.2) is 0 Å². The van der Waals surface area contributed by atoms with Gasteiger partial charge in [-0.15, -0.1) is 0 Å². The second-order valence-electron chi connectivity index (χ2n) is 5.70. The van der Waals surface area contributed by atoms with E-state index in [2.05, 4.69) is 25.7 Å². The summed E-state index contributed by atoms with van der Waals surface area (Å²) in [7, 11) is -3.64. The first-order valence-corrected chi connectivity index (χ1v) is 9.39. The molecule has 0 aromatic heterocycles. The van der Waals surface area contributed by atoms with Crippen LogP contribution in [0.1, 0.15) is 40.0 Å². The van der Waals surface area contributed by atoms with Crippen molar-refractivity contribution in [3.05, 3.63) is 24.3 Å². The third-order valence-electron chi connectivity index (χ3n) is 3.58. The van der Waals surface area contributed by atoms with Crippen molar-refractivity contribution in [3.8, 4) is 5.75 Å². The number of primary sulfonamides is 1. The lowest BCUT2D eigenvalue weighted by Gasteiger charge is -2.26. The Kier molecular flexibility index (Phi) is 7.85. The van der Waals surface area contributed by atoms with Crippen molar-refractivity contribution in [2.45, 2.75) is 51.0 Å². The molecule has 126 valence electrons. The summed E-state index contributed by atoms with van der Waals surface area (Å²) in [6.07, 6.45) is 3.68. The predicted octanol–water partition coefficient (Wildman–Crippen LogP) is 2.61. The predicted molar refractivity (Wildman–Crippen MR) is 89.5 cm³/mol. The lowest BCUT2D eigenvalue weighted by molar-refractivity contribution is 0.173. The molecule has 0 radical (unpaired) electrons. The van der Waals surface area contributed by atoms with Crippen LogP contribution < -0.4 is 9.88 Å². The SMILES string of the molecule is CCCCCN(CCOc1ccc(S(N)(=O)=O)cc1)C(C)C. The Balaban J connectivity index is 2.44. The molecule has 0 spiro atoms. The van der Waals surface area contributed by atoms with Gasteiger partial charge in [0.25, 0.3) is 0 Å². The van der Waals surface area contributed by atoms with E-state index in [1.54, 1.807) is 12.1 Å². The van der Waals surface area contributed by atoms with Crippen molar-refractivity contribution in [1.82, 2.24) is 4.90 Å². The van der Waals surface area contributed by atoms with Crippen LogP contribution in [0.5, 0.6) is 5.75 Å². The summed E-state index contributed by atoms with van der Waals surface area (Å²) in [5.74, 6) is 0.657. The molecule has 5 nitrogen and oxygen atoms in total. The van der Waals surface area contributed by atoms with Crippen LogP contribution in [0.25, 0.3) is 0 Å². The van der Waals surface area contributed by atoms with Crippen molar-refractivity contribution < 1.29 is 13.2 Å². The molecule has 0 heterocycles. The van der Waals surface area contributed by atoms with Gasteiger partial charge in [-0.3, -0.25) is 4.90 Å². The molecule has 1 aromatic rings. The number of sulfonamides is 1. The van der Waals surface area contributed by atoms with E-state index in [0.717, 1.165) is 13.1 Å². The Morgan fingerprint density at radius 2 is 1.77 bits per heavy atom. The number of ether oxygens (including phenoxy) is 1. The van der Waals surface area contributed by atoms with Crippen LogP contribution in [0, 0.1) is 0 Å². The lowest BCUT2D eigenvalue weighted by atomic mass is 10.2. The maximum absolute atomic E-state index is 11.2. The molecule has 0 aliphatic heterocycles. The molecule has 0 bridgehead atoms. The first-order chi connectivity index (χ1) is 10.3. The van der Waals surface area contributed by atoms with Crippen molar-refractivity contribution in [3.63, 3.8) is 0 Å². The molecule has 1 rings (SSSR count). The summed E-state index contributed by atoms with van der Waals surface area (Å²) in [4.78, 5) is 2.50. The number of benzene rings is 1. The third kappa shape index (κ3) is 6.77. The average Bonchev–Trinajstić information content (AvgIpc) is 2.45. The van der Waals surface area contributed by atoms with Gasteiger partial charge < -0.3 is 4.74 Å².